The van der Waals surface area contributed by atoms with Crippen LogP contribution >= 0.6 is 0 Å². The molecule has 1 N–H and O–H groups in total. The second-order valence-electron chi connectivity index (χ2n) is 6.77. The molecule has 0 radical (unpaired) electrons. The van der Waals surface area contributed by atoms with E-state index in [0.717, 1.165) is 37.5 Å². The van der Waals surface area contributed by atoms with Crippen molar-refractivity contribution >= 4 is 23.6 Å². The molecule has 1 saturated heterocycles. The van der Waals surface area contributed by atoms with Gasteiger partial charge < -0.3 is 19.9 Å². The molecule has 6 heteroatoms. The fourth-order valence-electron chi connectivity index (χ4n) is 2.96. The van der Waals surface area contributed by atoms with Crippen LogP contribution in [0.15, 0.2) is 54.6 Å². The van der Waals surface area contributed by atoms with Crippen LogP contribution < -0.4 is 10.1 Å². The Bertz CT molecular complexity index is 836. The van der Waals surface area contributed by atoms with Gasteiger partial charge in [0, 0.05) is 43.5 Å². The van der Waals surface area contributed by atoms with Crippen LogP contribution in [0.25, 0.3) is 6.08 Å². The van der Waals surface area contributed by atoms with Gasteiger partial charge in [0.25, 0.3) is 5.91 Å². The first-order valence-electron chi connectivity index (χ1n) is 9.26. The monoisotopic (exact) mass is 379 g/mol. The largest absolute Gasteiger partial charge is 0.497 e. The van der Waals surface area contributed by atoms with E-state index in [2.05, 4.69) is 17.3 Å². The Morgan fingerprint density at radius 3 is 2.21 bits per heavy atom. The van der Waals surface area contributed by atoms with Gasteiger partial charge in [-0.3, -0.25) is 9.59 Å². The maximum absolute atomic E-state index is 12.5. The van der Waals surface area contributed by atoms with E-state index >= 15 is 0 Å². The summed E-state index contributed by atoms with van der Waals surface area (Å²) in [6.07, 6.45) is 3.21. The van der Waals surface area contributed by atoms with Gasteiger partial charge in [-0.15, -0.1) is 0 Å². The standard InChI is InChI=1S/C22H25N3O3/c1-24-13-15-25(16-14-24)22(27)18-6-8-19(9-7-18)23-21(26)12-5-17-3-10-20(28-2)11-4-17/h3-12H,13-16H2,1-2H3,(H,23,26)/b12-5+. The van der Waals surface area contributed by atoms with E-state index in [1.54, 1.807) is 37.5 Å². The number of hydrogen-bond donors (Lipinski definition) is 1. The zero-order chi connectivity index (χ0) is 19.9. The Labute approximate surface area is 165 Å². The lowest BCUT2D eigenvalue weighted by atomic mass is 10.1. The summed E-state index contributed by atoms with van der Waals surface area (Å²) in [6.45, 7) is 3.26. The zero-order valence-corrected chi connectivity index (χ0v) is 16.2. The Kier molecular flexibility index (Phi) is 6.45. The molecule has 1 fully saturated rings. The van der Waals surface area contributed by atoms with Crippen LogP contribution in [0, 0.1) is 0 Å². The van der Waals surface area contributed by atoms with Crippen LogP contribution in [0.2, 0.25) is 0 Å². The lowest BCUT2D eigenvalue weighted by Gasteiger charge is -2.32. The number of rotatable bonds is 5. The highest BCUT2D eigenvalue weighted by Gasteiger charge is 2.20. The topological polar surface area (TPSA) is 61.9 Å². The first-order chi connectivity index (χ1) is 13.5. The Morgan fingerprint density at radius 1 is 0.964 bits per heavy atom. The molecule has 1 aliphatic heterocycles. The van der Waals surface area contributed by atoms with Crippen molar-refractivity contribution in [2.45, 2.75) is 0 Å². The molecule has 28 heavy (non-hydrogen) atoms. The number of nitrogens with zero attached hydrogens (tertiary/aromatic N) is 2. The number of anilines is 1. The molecule has 146 valence electrons. The second kappa shape index (κ2) is 9.19. The number of amides is 2. The highest BCUT2D eigenvalue weighted by Crippen LogP contribution is 2.14. The van der Waals surface area contributed by atoms with Gasteiger partial charge in [-0.2, -0.15) is 0 Å². The van der Waals surface area contributed by atoms with Crippen molar-refractivity contribution in [1.82, 2.24) is 9.80 Å². The maximum Gasteiger partial charge on any atom is 0.253 e. The van der Waals surface area contributed by atoms with Crippen molar-refractivity contribution < 1.29 is 14.3 Å². The average Bonchev–Trinajstić information content (AvgIpc) is 2.73. The van der Waals surface area contributed by atoms with Gasteiger partial charge in [0.05, 0.1) is 7.11 Å². The minimum atomic E-state index is -0.228. The summed E-state index contributed by atoms with van der Waals surface area (Å²) in [5.41, 5.74) is 2.19. The molecule has 2 aromatic carbocycles. The van der Waals surface area contributed by atoms with Crippen molar-refractivity contribution in [2.24, 2.45) is 0 Å². The van der Waals surface area contributed by atoms with E-state index in [4.69, 9.17) is 4.74 Å². The molecule has 1 heterocycles. The van der Waals surface area contributed by atoms with E-state index in [1.165, 1.54) is 6.08 Å². The molecule has 0 saturated carbocycles. The van der Waals surface area contributed by atoms with E-state index in [-0.39, 0.29) is 11.8 Å². The molecule has 2 amide bonds. The van der Waals surface area contributed by atoms with Gasteiger partial charge in [0.2, 0.25) is 5.91 Å². The normalized spacial score (nSPS) is 14.9. The van der Waals surface area contributed by atoms with Crippen molar-refractivity contribution in [3.05, 3.63) is 65.7 Å². The van der Waals surface area contributed by atoms with Gasteiger partial charge in [-0.1, -0.05) is 12.1 Å². The third kappa shape index (κ3) is 5.20. The quantitative estimate of drug-likeness (QED) is 0.812. The summed E-state index contributed by atoms with van der Waals surface area (Å²) in [5, 5.41) is 2.80. The smallest absolute Gasteiger partial charge is 0.253 e. The summed E-state index contributed by atoms with van der Waals surface area (Å²) < 4.78 is 5.11. The Hall–Kier alpha value is -3.12. The number of carbonyl (C=O) groups is 2. The number of carbonyl (C=O) groups excluding carboxylic acids is 2. The molecule has 0 spiro atoms. The van der Waals surface area contributed by atoms with Crippen LogP contribution in [0.4, 0.5) is 5.69 Å². The maximum atomic E-state index is 12.5. The molecule has 0 atom stereocenters. The highest BCUT2D eigenvalue weighted by molar-refractivity contribution is 6.02. The van der Waals surface area contributed by atoms with Crippen LogP contribution in [-0.4, -0.2) is 62.0 Å². The second-order valence-corrected chi connectivity index (χ2v) is 6.77. The van der Waals surface area contributed by atoms with Gasteiger partial charge in [-0.05, 0) is 55.1 Å². The van der Waals surface area contributed by atoms with Crippen molar-refractivity contribution in [3.63, 3.8) is 0 Å². The fraction of sp³-hybridized carbons (Fsp3) is 0.273. The summed E-state index contributed by atoms with van der Waals surface area (Å²) in [4.78, 5) is 28.7. The van der Waals surface area contributed by atoms with E-state index in [9.17, 15) is 9.59 Å². The van der Waals surface area contributed by atoms with Crippen molar-refractivity contribution in [1.29, 1.82) is 0 Å². The van der Waals surface area contributed by atoms with Crippen LogP contribution in [0.1, 0.15) is 15.9 Å². The molecule has 2 aromatic rings. The number of nitrogens with one attached hydrogen (secondary N) is 1. The predicted octanol–water partition coefficient (Wildman–Crippen LogP) is 2.73. The number of benzene rings is 2. The molecule has 0 aliphatic carbocycles. The van der Waals surface area contributed by atoms with Gasteiger partial charge in [-0.25, -0.2) is 0 Å². The van der Waals surface area contributed by atoms with Gasteiger partial charge in [0.1, 0.15) is 5.75 Å². The van der Waals surface area contributed by atoms with Crippen molar-refractivity contribution in [3.8, 4) is 5.75 Å². The van der Waals surface area contributed by atoms with Crippen LogP contribution in [0.5, 0.6) is 5.75 Å². The molecular weight excluding hydrogens is 354 g/mol. The number of hydrogen-bond acceptors (Lipinski definition) is 4. The number of ether oxygens (including phenoxy) is 1. The summed E-state index contributed by atoms with van der Waals surface area (Å²) >= 11 is 0. The summed E-state index contributed by atoms with van der Waals surface area (Å²) in [7, 11) is 3.67. The minimum Gasteiger partial charge on any atom is -0.497 e. The fourth-order valence-corrected chi connectivity index (χ4v) is 2.96. The SMILES string of the molecule is COc1ccc(/C=C/C(=O)Nc2ccc(C(=O)N3CCN(C)CC3)cc2)cc1. The van der Waals surface area contributed by atoms with E-state index < -0.39 is 0 Å². The lowest BCUT2D eigenvalue weighted by Crippen LogP contribution is -2.47. The molecule has 0 unspecified atom stereocenters. The first kappa shape index (κ1) is 19.6. The van der Waals surface area contributed by atoms with E-state index in [0.29, 0.717) is 11.3 Å². The highest BCUT2D eigenvalue weighted by atomic mass is 16.5. The van der Waals surface area contributed by atoms with Crippen LogP contribution in [0.3, 0.4) is 0 Å². The molecule has 0 aromatic heterocycles. The number of methoxy groups -OCH3 is 1. The summed E-state index contributed by atoms with van der Waals surface area (Å²) in [6, 6.07) is 14.4. The molecule has 1 aliphatic rings. The molecule has 3 rings (SSSR count). The first-order valence-corrected chi connectivity index (χ1v) is 9.26. The molecular formula is C22H25N3O3. The third-order valence-electron chi connectivity index (χ3n) is 4.73. The van der Waals surface area contributed by atoms with Gasteiger partial charge >= 0.3 is 0 Å². The number of likely N-dealkylation sites (N-methyl/N-ethyl adjacent to an activating group) is 1. The summed E-state index contributed by atoms with van der Waals surface area (Å²) in [5.74, 6) is 0.576. The van der Waals surface area contributed by atoms with Crippen molar-refractivity contribution in [2.75, 3.05) is 45.7 Å². The third-order valence-corrected chi connectivity index (χ3v) is 4.73. The lowest BCUT2D eigenvalue weighted by molar-refractivity contribution is -0.111. The van der Waals surface area contributed by atoms with E-state index in [1.807, 2.05) is 29.2 Å². The minimum absolute atomic E-state index is 0.0328. The average molecular weight is 379 g/mol. The van der Waals surface area contributed by atoms with Crippen LogP contribution in [-0.2, 0) is 4.79 Å². The zero-order valence-electron chi connectivity index (χ0n) is 16.2. The Morgan fingerprint density at radius 2 is 1.61 bits per heavy atom. The predicted molar refractivity (Wildman–Crippen MR) is 111 cm³/mol. The Balaban J connectivity index is 1.55. The molecule has 6 nitrogen and oxygen atoms in total. The van der Waals surface area contributed by atoms with Gasteiger partial charge in [0.15, 0.2) is 0 Å². The number of piperazine rings is 1. The molecule has 0 bridgehead atoms.